The van der Waals surface area contributed by atoms with Crippen LogP contribution in [0.4, 0.5) is 10.1 Å². The van der Waals surface area contributed by atoms with Crippen LogP contribution in [0.5, 0.6) is 0 Å². The molecule has 1 heterocycles. The van der Waals surface area contributed by atoms with Gasteiger partial charge in [-0.3, -0.25) is 4.79 Å². The Morgan fingerprint density at radius 3 is 2.85 bits per heavy atom. The number of amides is 1. The van der Waals surface area contributed by atoms with Gasteiger partial charge in [0.1, 0.15) is 5.82 Å². The number of carbonyl (C=O) groups is 1. The minimum absolute atomic E-state index is 0.195. The summed E-state index contributed by atoms with van der Waals surface area (Å²) in [5.41, 5.74) is 2.28. The Labute approximate surface area is 174 Å². The third kappa shape index (κ3) is 5.69. The van der Waals surface area contributed by atoms with Gasteiger partial charge >= 0.3 is 0 Å². The van der Waals surface area contributed by atoms with E-state index in [9.17, 15) is 9.18 Å². The van der Waals surface area contributed by atoms with Gasteiger partial charge in [0.2, 0.25) is 5.91 Å². The Kier molecular flexibility index (Phi) is 6.76. The first kappa shape index (κ1) is 20.1. The van der Waals surface area contributed by atoms with Crippen LogP contribution in [0.15, 0.2) is 46.8 Å². The van der Waals surface area contributed by atoms with Crippen molar-refractivity contribution in [3.63, 3.8) is 0 Å². The van der Waals surface area contributed by atoms with E-state index in [0.29, 0.717) is 22.2 Å². The average molecular weight is 441 g/mol. The highest BCUT2D eigenvalue weighted by Gasteiger charge is 2.13. The van der Waals surface area contributed by atoms with Crippen LogP contribution in [0.2, 0.25) is 10.0 Å². The van der Waals surface area contributed by atoms with Gasteiger partial charge in [-0.25, -0.2) is 9.37 Å². The molecule has 0 aliphatic heterocycles. The molecule has 1 amide bonds. The fourth-order valence-corrected chi connectivity index (χ4v) is 4.81. The van der Waals surface area contributed by atoms with E-state index in [1.54, 1.807) is 24.3 Å². The summed E-state index contributed by atoms with van der Waals surface area (Å²) in [6.45, 7) is 1.93. The summed E-state index contributed by atoms with van der Waals surface area (Å²) in [4.78, 5) is 17.6. The first-order valence-corrected chi connectivity index (χ1v) is 10.5. The number of aryl methyl sites for hydroxylation is 1. The van der Waals surface area contributed by atoms with Crippen LogP contribution in [0.1, 0.15) is 16.1 Å². The zero-order valence-electron chi connectivity index (χ0n) is 14.3. The number of nitrogens with one attached hydrogen (secondary N) is 1. The van der Waals surface area contributed by atoms with Gasteiger partial charge in [-0.05, 0) is 48.9 Å². The van der Waals surface area contributed by atoms with Crippen molar-refractivity contribution >= 4 is 57.9 Å². The lowest BCUT2D eigenvalue weighted by Gasteiger charge is -2.04. The lowest BCUT2D eigenvalue weighted by Crippen LogP contribution is -2.13. The van der Waals surface area contributed by atoms with E-state index in [4.69, 9.17) is 23.2 Å². The van der Waals surface area contributed by atoms with Crippen molar-refractivity contribution in [2.45, 2.75) is 17.7 Å². The predicted octanol–water partition coefficient (Wildman–Crippen LogP) is 6.22. The van der Waals surface area contributed by atoms with Crippen molar-refractivity contribution in [1.29, 1.82) is 0 Å². The normalized spacial score (nSPS) is 10.8. The summed E-state index contributed by atoms with van der Waals surface area (Å²) in [6, 6.07) is 11.2. The lowest BCUT2D eigenvalue weighted by molar-refractivity contribution is -0.113. The molecule has 3 nitrogen and oxygen atoms in total. The number of aromatic nitrogens is 1. The number of hydrogen-bond acceptors (Lipinski definition) is 4. The molecule has 3 aromatic rings. The summed E-state index contributed by atoms with van der Waals surface area (Å²) in [6.07, 6.45) is 0.638. The van der Waals surface area contributed by atoms with Gasteiger partial charge in [0, 0.05) is 27.0 Å². The van der Waals surface area contributed by atoms with Gasteiger partial charge in [-0.2, -0.15) is 0 Å². The first-order valence-electron chi connectivity index (χ1n) is 7.99. The average Bonchev–Trinajstić information content (AvgIpc) is 2.96. The molecule has 27 heavy (non-hydrogen) atoms. The molecule has 0 aliphatic rings. The topological polar surface area (TPSA) is 42.0 Å². The predicted molar refractivity (Wildman–Crippen MR) is 112 cm³/mol. The van der Waals surface area contributed by atoms with Gasteiger partial charge < -0.3 is 5.32 Å². The van der Waals surface area contributed by atoms with E-state index < -0.39 is 0 Å². The number of anilines is 1. The molecule has 0 spiro atoms. The molecule has 0 bridgehead atoms. The maximum absolute atomic E-state index is 13.2. The van der Waals surface area contributed by atoms with E-state index >= 15 is 0 Å². The highest BCUT2D eigenvalue weighted by molar-refractivity contribution is 8.01. The number of rotatable bonds is 6. The first-order chi connectivity index (χ1) is 12.9. The standard InChI is InChI=1S/C19H15Cl2FN2OS2/c1-11-17(8-12-7-13(20)5-6-16(12)21)27-19(23-11)26-10-18(25)24-15-4-2-3-14(22)9-15/h2-7,9H,8,10H2,1H3,(H,24,25). The lowest BCUT2D eigenvalue weighted by atomic mass is 10.1. The van der Waals surface area contributed by atoms with Crippen molar-refractivity contribution < 1.29 is 9.18 Å². The fraction of sp³-hybridized carbons (Fsp3) is 0.158. The van der Waals surface area contributed by atoms with Gasteiger partial charge in [-0.1, -0.05) is 41.0 Å². The van der Waals surface area contributed by atoms with Crippen LogP contribution in [-0.2, 0) is 11.2 Å². The Hall–Kier alpha value is -1.60. The van der Waals surface area contributed by atoms with Crippen LogP contribution in [0, 0.1) is 12.7 Å². The molecular formula is C19H15Cl2FN2OS2. The fourth-order valence-electron chi connectivity index (χ4n) is 2.37. The minimum atomic E-state index is -0.389. The van der Waals surface area contributed by atoms with Gasteiger partial charge in [0.05, 0.1) is 11.4 Å². The number of halogens is 3. The van der Waals surface area contributed by atoms with Gasteiger partial charge in [0.15, 0.2) is 4.34 Å². The third-order valence-corrected chi connectivity index (χ3v) is 6.57. The van der Waals surface area contributed by atoms with E-state index in [-0.39, 0.29) is 17.5 Å². The number of hydrogen-bond donors (Lipinski definition) is 1. The number of benzene rings is 2. The van der Waals surface area contributed by atoms with Crippen LogP contribution >= 0.6 is 46.3 Å². The van der Waals surface area contributed by atoms with Crippen molar-refractivity contribution in [1.82, 2.24) is 4.98 Å². The Balaban J connectivity index is 1.61. The van der Waals surface area contributed by atoms with E-state index in [1.165, 1.54) is 35.2 Å². The van der Waals surface area contributed by atoms with Crippen molar-refractivity contribution in [2.24, 2.45) is 0 Å². The van der Waals surface area contributed by atoms with E-state index in [0.717, 1.165) is 20.5 Å². The largest absolute Gasteiger partial charge is 0.325 e. The molecule has 0 unspecified atom stereocenters. The summed E-state index contributed by atoms with van der Waals surface area (Å²) < 4.78 is 14.0. The van der Waals surface area contributed by atoms with Crippen LogP contribution in [0.3, 0.4) is 0 Å². The molecule has 0 fully saturated rings. The van der Waals surface area contributed by atoms with Crippen molar-refractivity contribution in [3.05, 3.63) is 74.5 Å². The molecule has 0 aliphatic carbocycles. The molecule has 0 saturated carbocycles. The molecule has 140 valence electrons. The molecule has 0 radical (unpaired) electrons. The summed E-state index contributed by atoms with van der Waals surface area (Å²) in [5, 5.41) is 3.97. The van der Waals surface area contributed by atoms with Crippen LogP contribution in [-0.4, -0.2) is 16.6 Å². The number of nitrogens with zero attached hydrogens (tertiary/aromatic N) is 1. The Morgan fingerprint density at radius 1 is 1.26 bits per heavy atom. The molecule has 8 heteroatoms. The molecule has 0 atom stereocenters. The van der Waals surface area contributed by atoms with Crippen molar-refractivity contribution in [3.8, 4) is 0 Å². The maximum atomic E-state index is 13.2. The number of thioether (sulfide) groups is 1. The second kappa shape index (κ2) is 9.06. The summed E-state index contributed by atoms with van der Waals surface area (Å²) in [7, 11) is 0. The molecule has 1 N–H and O–H groups in total. The molecule has 1 aromatic heterocycles. The second-order valence-electron chi connectivity index (χ2n) is 5.75. The number of thiazole rings is 1. The van der Waals surface area contributed by atoms with Gasteiger partial charge in [0.25, 0.3) is 0 Å². The number of carbonyl (C=O) groups excluding carboxylic acids is 1. The van der Waals surface area contributed by atoms with Crippen LogP contribution in [0.25, 0.3) is 0 Å². The molecule has 3 rings (SSSR count). The van der Waals surface area contributed by atoms with Crippen LogP contribution < -0.4 is 5.32 Å². The van der Waals surface area contributed by atoms with E-state index in [2.05, 4.69) is 10.3 Å². The molecule has 0 saturated heterocycles. The Bertz CT molecular complexity index is 978. The van der Waals surface area contributed by atoms with Gasteiger partial charge in [-0.15, -0.1) is 11.3 Å². The third-order valence-electron chi connectivity index (χ3n) is 3.67. The highest BCUT2D eigenvalue weighted by atomic mass is 35.5. The summed E-state index contributed by atoms with van der Waals surface area (Å²) in [5.74, 6) is -0.404. The molecule has 2 aromatic carbocycles. The highest BCUT2D eigenvalue weighted by Crippen LogP contribution is 2.31. The quantitative estimate of drug-likeness (QED) is 0.462. The Morgan fingerprint density at radius 2 is 2.07 bits per heavy atom. The monoisotopic (exact) mass is 440 g/mol. The minimum Gasteiger partial charge on any atom is -0.325 e. The molecular weight excluding hydrogens is 426 g/mol. The van der Waals surface area contributed by atoms with E-state index in [1.807, 2.05) is 13.0 Å². The summed E-state index contributed by atoms with van der Waals surface area (Å²) >= 11 is 15.2. The zero-order chi connectivity index (χ0) is 19.4. The second-order valence-corrected chi connectivity index (χ2v) is 8.90. The zero-order valence-corrected chi connectivity index (χ0v) is 17.4. The van der Waals surface area contributed by atoms with Crippen molar-refractivity contribution in [2.75, 3.05) is 11.1 Å². The SMILES string of the molecule is Cc1nc(SCC(=O)Nc2cccc(F)c2)sc1Cc1cc(Cl)ccc1Cl. The maximum Gasteiger partial charge on any atom is 0.234 e. The smallest absolute Gasteiger partial charge is 0.234 e.